The van der Waals surface area contributed by atoms with E-state index in [2.05, 4.69) is 9.05 Å². The molecule has 0 saturated heterocycles. The number of primary amides is 1. The van der Waals surface area contributed by atoms with Gasteiger partial charge >= 0.3 is 7.82 Å². The maximum absolute atomic E-state index is 11.3. The summed E-state index contributed by atoms with van der Waals surface area (Å²) in [7, 11) is -1.23. The molecule has 2 N–H and O–H groups in total. The van der Waals surface area contributed by atoms with Crippen LogP contribution in [0.25, 0.3) is 0 Å². The summed E-state index contributed by atoms with van der Waals surface area (Å²) in [6.07, 6.45) is 0.977. The van der Waals surface area contributed by atoms with Crippen LogP contribution in [0.5, 0.6) is 0 Å². The Hall–Kier alpha value is -0.840. The van der Waals surface area contributed by atoms with Gasteiger partial charge in [0.1, 0.15) is 5.76 Å². The minimum Gasteiger partial charge on any atom is -0.409 e. The Kier molecular flexibility index (Phi) is 4.69. The molecule has 0 unspecified atom stereocenters. The zero-order valence-corrected chi connectivity index (χ0v) is 8.54. The van der Waals surface area contributed by atoms with Gasteiger partial charge in [-0.05, 0) is 6.92 Å². The summed E-state index contributed by atoms with van der Waals surface area (Å²) in [5.74, 6) is -0.629. The Bertz CT molecular complexity index is 254. The van der Waals surface area contributed by atoms with Gasteiger partial charge in [-0.3, -0.25) is 13.8 Å². The van der Waals surface area contributed by atoms with E-state index in [-0.39, 0.29) is 5.76 Å². The van der Waals surface area contributed by atoms with Crippen molar-refractivity contribution in [2.24, 2.45) is 5.73 Å². The van der Waals surface area contributed by atoms with E-state index in [1.165, 1.54) is 21.1 Å². The average Bonchev–Trinajstić information content (AvgIpc) is 2.02. The monoisotopic (exact) mass is 209 g/mol. The zero-order chi connectivity index (χ0) is 10.5. The molecule has 0 aromatic rings. The molecule has 0 saturated carbocycles. The van der Waals surface area contributed by atoms with Crippen molar-refractivity contribution in [2.75, 3.05) is 14.2 Å². The summed E-state index contributed by atoms with van der Waals surface area (Å²) in [4.78, 5) is 10.4. The van der Waals surface area contributed by atoms with Gasteiger partial charge in [0.15, 0.2) is 0 Å². The standard InChI is InChI=1S/C6H12NO5P/c1-5(4-6(7)8)12-13(9,10-2)11-3/h4H,1-3H3,(H2,7,8)/b5-4-. The van der Waals surface area contributed by atoms with E-state index in [0.29, 0.717) is 0 Å². The lowest BCUT2D eigenvalue weighted by atomic mass is 10.5. The predicted molar refractivity (Wildman–Crippen MR) is 45.7 cm³/mol. The van der Waals surface area contributed by atoms with Crippen molar-refractivity contribution in [3.63, 3.8) is 0 Å². The van der Waals surface area contributed by atoms with Crippen LogP contribution in [-0.2, 0) is 22.9 Å². The van der Waals surface area contributed by atoms with Crippen LogP contribution < -0.4 is 5.73 Å². The first-order valence-electron chi connectivity index (χ1n) is 3.32. The molecule has 0 aliphatic heterocycles. The molecule has 7 heteroatoms. The molecule has 0 aliphatic carbocycles. The van der Waals surface area contributed by atoms with E-state index in [1.807, 2.05) is 0 Å². The van der Waals surface area contributed by atoms with Crippen molar-refractivity contribution in [3.8, 4) is 0 Å². The van der Waals surface area contributed by atoms with E-state index in [4.69, 9.17) is 10.3 Å². The van der Waals surface area contributed by atoms with Crippen molar-refractivity contribution in [1.29, 1.82) is 0 Å². The van der Waals surface area contributed by atoms with E-state index in [1.54, 1.807) is 0 Å². The Labute approximate surface area is 76.3 Å². The Morgan fingerprint density at radius 2 is 1.85 bits per heavy atom. The molecular weight excluding hydrogens is 197 g/mol. The van der Waals surface area contributed by atoms with Gasteiger partial charge in [-0.1, -0.05) is 0 Å². The highest BCUT2D eigenvalue weighted by Crippen LogP contribution is 2.49. The first-order chi connectivity index (χ1) is 5.93. The lowest BCUT2D eigenvalue weighted by Gasteiger charge is -2.13. The zero-order valence-electron chi connectivity index (χ0n) is 7.64. The number of amides is 1. The number of nitrogens with two attached hydrogens (primary N) is 1. The molecule has 0 bridgehead atoms. The lowest BCUT2D eigenvalue weighted by molar-refractivity contribution is -0.113. The summed E-state index contributed by atoms with van der Waals surface area (Å²) in [5, 5.41) is 0. The number of hydrogen-bond donors (Lipinski definition) is 1. The van der Waals surface area contributed by atoms with Gasteiger partial charge in [-0.15, -0.1) is 0 Å². The van der Waals surface area contributed by atoms with Crippen molar-refractivity contribution < 1.29 is 22.9 Å². The second-order valence-electron chi connectivity index (χ2n) is 2.06. The fraction of sp³-hybridized carbons (Fsp3) is 0.500. The highest BCUT2D eigenvalue weighted by atomic mass is 31.2. The van der Waals surface area contributed by atoms with Crippen LogP contribution in [0.2, 0.25) is 0 Å². The van der Waals surface area contributed by atoms with Gasteiger partial charge in [0, 0.05) is 20.3 Å². The SMILES string of the molecule is COP(=O)(OC)O/C(C)=C\C(N)=O. The number of carbonyl (C=O) groups is 1. The summed E-state index contributed by atoms with van der Waals surface area (Å²) in [6.45, 7) is 1.41. The van der Waals surface area contributed by atoms with Crippen LogP contribution in [0.3, 0.4) is 0 Å². The van der Waals surface area contributed by atoms with Crippen LogP contribution in [0, 0.1) is 0 Å². The predicted octanol–water partition coefficient (Wildman–Crippen LogP) is 0.793. The number of phosphoric acid groups is 1. The number of phosphoric ester groups is 1. The number of hydrogen-bond acceptors (Lipinski definition) is 5. The van der Waals surface area contributed by atoms with Crippen LogP contribution in [0.4, 0.5) is 0 Å². The highest BCUT2D eigenvalue weighted by molar-refractivity contribution is 7.48. The maximum Gasteiger partial charge on any atom is 0.529 e. The Morgan fingerprint density at radius 3 is 2.15 bits per heavy atom. The van der Waals surface area contributed by atoms with Gasteiger partial charge in [-0.2, -0.15) is 0 Å². The van der Waals surface area contributed by atoms with Crippen molar-refractivity contribution in [2.45, 2.75) is 6.92 Å². The van der Waals surface area contributed by atoms with E-state index < -0.39 is 13.7 Å². The first-order valence-corrected chi connectivity index (χ1v) is 4.78. The molecule has 0 aromatic carbocycles. The molecule has 0 aromatic heterocycles. The molecule has 0 atom stereocenters. The van der Waals surface area contributed by atoms with Gasteiger partial charge in [-0.25, -0.2) is 4.57 Å². The van der Waals surface area contributed by atoms with Crippen LogP contribution in [0.15, 0.2) is 11.8 Å². The van der Waals surface area contributed by atoms with E-state index in [9.17, 15) is 9.36 Å². The molecule has 0 spiro atoms. The summed E-state index contributed by atoms with van der Waals surface area (Å²) < 4.78 is 24.9. The van der Waals surface area contributed by atoms with Gasteiger partial charge in [0.05, 0.1) is 0 Å². The smallest absolute Gasteiger partial charge is 0.409 e. The summed E-state index contributed by atoms with van der Waals surface area (Å²) in [6, 6.07) is 0. The second kappa shape index (κ2) is 5.01. The molecule has 0 radical (unpaired) electrons. The van der Waals surface area contributed by atoms with Crippen molar-refractivity contribution in [3.05, 3.63) is 11.8 Å². The van der Waals surface area contributed by atoms with Crippen molar-refractivity contribution >= 4 is 13.7 Å². The molecule has 1 amide bonds. The van der Waals surface area contributed by atoms with Gasteiger partial charge in [0.25, 0.3) is 0 Å². The van der Waals surface area contributed by atoms with E-state index in [0.717, 1.165) is 6.08 Å². The summed E-state index contributed by atoms with van der Waals surface area (Å²) in [5.41, 5.74) is 4.83. The number of rotatable bonds is 5. The Balaban J connectivity index is 4.42. The third-order valence-electron chi connectivity index (χ3n) is 1.05. The number of allylic oxidation sites excluding steroid dienone is 1. The topological polar surface area (TPSA) is 87.8 Å². The van der Waals surface area contributed by atoms with E-state index >= 15 is 0 Å². The molecule has 0 fully saturated rings. The normalized spacial score (nSPS) is 12.7. The quantitative estimate of drug-likeness (QED) is 0.411. The fourth-order valence-corrected chi connectivity index (χ4v) is 1.26. The van der Waals surface area contributed by atoms with Crippen LogP contribution >= 0.6 is 7.82 Å². The van der Waals surface area contributed by atoms with Gasteiger partial charge in [0.2, 0.25) is 5.91 Å². The molecule has 6 nitrogen and oxygen atoms in total. The summed E-state index contributed by atoms with van der Waals surface area (Å²) >= 11 is 0. The van der Waals surface area contributed by atoms with Gasteiger partial charge < -0.3 is 10.3 Å². The number of carbonyl (C=O) groups excluding carboxylic acids is 1. The highest BCUT2D eigenvalue weighted by Gasteiger charge is 2.24. The molecule has 0 rings (SSSR count). The molecule has 13 heavy (non-hydrogen) atoms. The molecule has 76 valence electrons. The third kappa shape index (κ3) is 4.67. The minimum atomic E-state index is -3.57. The maximum atomic E-state index is 11.3. The third-order valence-corrected chi connectivity index (χ3v) is 2.45. The van der Waals surface area contributed by atoms with Crippen LogP contribution in [0.1, 0.15) is 6.92 Å². The van der Waals surface area contributed by atoms with Crippen molar-refractivity contribution in [1.82, 2.24) is 0 Å². The molecule has 0 heterocycles. The second-order valence-corrected chi connectivity index (χ2v) is 3.87. The Morgan fingerprint density at radius 1 is 1.38 bits per heavy atom. The average molecular weight is 209 g/mol. The fourth-order valence-electron chi connectivity index (χ4n) is 0.552. The minimum absolute atomic E-state index is 0.0690. The molecule has 0 aliphatic rings. The molecular formula is C6H12NO5P. The largest absolute Gasteiger partial charge is 0.529 e. The lowest BCUT2D eigenvalue weighted by Crippen LogP contribution is -2.07. The van der Waals surface area contributed by atoms with Crippen LogP contribution in [-0.4, -0.2) is 20.1 Å². The first kappa shape index (κ1) is 12.2.